The van der Waals surface area contributed by atoms with Gasteiger partial charge in [-0.1, -0.05) is 39.0 Å². The normalized spacial score (nSPS) is 16.1. The highest BCUT2D eigenvalue weighted by Gasteiger charge is 2.16. The minimum atomic E-state index is -0.290. The highest BCUT2D eigenvalue weighted by atomic mass is 32.2. The summed E-state index contributed by atoms with van der Waals surface area (Å²) in [6.45, 7) is 9.38. The molecule has 0 aliphatic heterocycles. The summed E-state index contributed by atoms with van der Waals surface area (Å²) in [6.07, 6.45) is 1.94. The molecule has 19 heavy (non-hydrogen) atoms. The summed E-state index contributed by atoms with van der Waals surface area (Å²) >= 11 is 1.77. The quantitative estimate of drug-likeness (QED) is 0.706. The Labute approximate surface area is 122 Å². The molecule has 0 spiro atoms. The highest BCUT2D eigenvalue weighted by molar-refractivity contribution is 8.00. The fourth-order valence-electron chi connectivity index (χ4n) is 1.97. The van der Waals surface area contributed by atoms with Crippen molar-refractivity contribution in [3.05, 3.63) is 29.8 Å². The lowest BCUT2D eigenvalue weighted by atomic mass is 10.0. The fraction of sp³-hybridized carbons (Fsp3) is 0.625. The van der Waals surface area contributed by atoms with Crippen molar-refractivity contribution < 1.29 is 5.11 Å². The van der Waals surface area contributed by atoms with Crippen LogP contribution < -0.4 is 5.32 Å². The molecular weight excluding hydrogens is 254 g/mol. The monoisotopic (exact) mass is 281 g/mol. The molecule has 3 heteroatoms. The van der Waals surface area contributed by atoms with E-state index < -0.39 is 0 Å². The molecule has 2 nitrogen and oxygen atoms in total. The zero-order valence-corrected chi connectivity index (χ0v) is 13.3. The van der Waals surface area contributed by atoms with Crippen LogP contribution in [0.15, 0.2) is 29.2 Å². The van der Waals surface area contributed by atoms with Gasteiger partial charge in [-0.15, -0.1) is 11.8 Å². The minimum absolute atomic E-state index is 0.213. The van der Waals surface area contributed by atoms with Gasteiger partial charge in [0.05, 0.1) is 6.10 Å². The molecular formula is C16H27NOS. The molecule has 0 amide bonds. The molecule has 1 aromatic rings. The van der Waals surface area contributed by atoms with E-state index >= 15 is 0 Å². The molecule has 3 unspecified atom stereocenters. The van der Waals surface area contributed by atoms with Crippen molar-refractivity contribution in [3.8, 4) is 0 Å². The second kappa shape index (κ2) is 8.62. The predicted octanol–water partition coefficient (Wildman–Crippen LogP) is 4.00. The van der Waals surface area contributed by atoms with Gasteiger partial charge in [0, 0.05) is 16.2 Å². The Morgan fingerprint density at radius 3 is 2.47 bits per heavy atom. The van der Waals surface area contributed by atoms with Crippen LogP contribution in [0.25, 0.3) is 0 Å². The van der Waals surface area contributed by atoms with Crippen LogP contribution in [0, 0.1) is 0 Å². The first-order valence-electron chi connectivity index (χ1n) is 7.27. The summed E-state index contributed by atoms with van der Waals surface area (Å²) < 4.78 is 0. The number of aliphatic hydroxyl groups is 1. The molecule has 1 aromatic carbocycles. The Kier molecular flexibility index (Phi) is 7.51. The second-order valence-electron chi connectivity index (χ2n) is 5.02. The minimum Gasteiger partial charge on any atom is -0.392 e. The Balaban J connectivity index is 2.87. The number of thioether (sulfide) groups is 1. The molecule has 0 heterocycles. The van der Waals surface area contributed by atoms with Crippen molar-refractivity contribution in [2.24, 2.45) is 0 Å². The van der Waals surface area contributed by atoms with E-state index in [-0.39, 0.29) is 11.4 Å². The lowest BCUT2D eigenvalue weighted by Crippen LogP contribution is -2.22. The van der Waals surface area contributed by atoms with Crippen LogP contribution in [0.5, 0.6) is 0 Å². The maximum atomic E-state index is 9.67. The standard InChI is InChI=1S/C16H27NOS/c1-5-11-17-15(6-2)14-9-7-8-10-16(14)19-13(4)12(3)18/h7-10,12-13,15,17-18H,5-6,11H2,1-4H3. The SMILES string of the molecule is CCCNC(CC)c1ccccc1SC(C)C(C)O. The molecule has 0 aliphatic rings. The van der Waals surface area contributed by atoms with Crippen molar-refractivity contribution in [2.45, 2.75) is 62.8 Å². The second-order valence-corrected chi connectivity index (χ2v) is 6.44. The molecule has 0 fully saturated rings. The van der Waals surface area contributed by atoms with Crippen LogP contribution in [-0.2, 0) is 0 Å². The van der Waals surface area contributed by atoms with Gasteiger partial charge in [0.2, 0.25) is 0 Å². The average Bonchev–Trinajstić information content (AvgIpc) is 2.41. The van der Waals surface area contributed by atoms with Crippen LogP contribution in [0.2, 0.25) is 0 Å². The van der Waals surface area contributed by atoms with Crippen molar-refractivity contribution in [2.75, 3.05) is 6.54 Å². The maximum Gasteiger partial charge on any atom is 0.0631 e. The lowest BCUT2D eigenvalue weighted by Gasteiger charge is -2.22. The van der Waals surface area contributed by atoms with E-state index in [1.54, 1.807) is 11.8 Å². The van der Waals surface area contributed by atoms with Crippen LogP contribution in [0.4, 0.5) is 0 Å². The fourth-order valence-corrected chi connectivity index (χ4v) is 3.07. The molecule has 0 aromatic heterocycles. The summed E-state index contributed by atoms with van der Waals surface area (Å²) in [6, 6.07) is 8.95. The Morgan fingerprint density at radius 2 is 1.89 bits per heavy atom. The predicted molar refractivity (Wildman–Crippen MR) is 84.8 cm³/mol. The van der Waals surface area contributed by atoms with Gasteiger partial charge >= 0.3 is 0 Å². The van der Waals surface area contributed by atoms with Gasteiger partial charge in [0.25, 0.3) is 0 Å². The van der Waals surface area contributed by atoms with Gasteiger partial charge in [0.15, 0.2) is 0 Å². The number of nitrogens with one attached hydrogen (secondary N) is 1. The van der Waals surface area contributed by atoms with Crippen molar-refractivity contribution in [1.29, 1.82) is 0 Å². The smallest absolute Gasteiger partial charge is 0.0631 e. The van der Waals surface area contributed by atoms with E-state index in [9.17, 15) is 5.11 Å². The molecule has 0 radical (unpaired) electrons. The molecule has 108 valence electrons. The molecule has 0 saturated carbocycles. The number of hydrogen-bond acceptors (Lipinski definition) is 3. The summed E-state index contributed by atoms with van der Waals surface area (Å²) in [5.41, 5.74) is 1.36. The molecule has 0 bridgehead atoms. The van der Waals surface area contributed by atoms with E-state index in [2.05, 4.69) is 50.4 Å². The Bertz CT molecular complexity index is 368. The molecule has 3 atom stereocenters. The third-order valence-corrected chi connectivity index (χ3v) is 4.73. The van der Waals surface area contributed by atoms with Gasteiger partial charge in [-0.25, -0.2) is 0 Å². The first kappa shape index (κ1) is 16.5. The molecule has 0 aliphatic carbocycles. The largest absolute Gasteiger partial charge is 0.392 e. The zero-order chi connectivity index (χ0) is 14.3. The zero-order valence-electron chi connectivity index (χ0n) is 12.5. The van der Waals surface area contributed by atoms with Gasteiger partial charge in [0.1, 0.15) is 0 Å². The summed E-state index contributed by atoms with van der Waals surface area (Å²) in [5.74, 6) is 0. The van der Waals surface area contributed by atoms with Crippen molar-refractivity contribution in [3.63, 3.8) is 0 Å². The van der Waals surface area contributed by atoms with Gasteiger partial charge in [-0.3, -0.25) is 0 Å². The first-order valence-corrected chi connectivity index (χ1v) is 8.15. The van der Waals surface area contributed by atoms with E-state index in [1.165, 1.54) is 10.5 Å². The Morgan fingerprint density at radius 1 is 1.21 bits per heavy atom. The summed E-state index contributed by atoms with van der Waals surface area (Å²) in [7, 11) is 0. The van der Waals surface area contributed by atoms with Crippen LogP contribution in [-0.4, -0.2) is 23.0 Å². The van der Waals surface area contributed by atoms with Gasteiger partial charge in [-0.2, -0.15) is 0 Å². The number of aliphatic hydroxyl groups excluding tert-OH is 1. The Hall–Kier alpha value is -0.510. The van der Waals surface area contributed by atoms with Crippen LogP contribution in [0.3, 0.4) is 0 Å². The number of rotatable bonds is 8. The molecule has 0 saturated heterocycles. The highest BCUT2D eigenvalue weighted by Crippen LogP contribution is 2.32. The topological polar surface area (TPSA) is 32.3 Å². The van der Waals surface area contributed by atoms with E-state index in [0.717, 1.165) is 19.4 Å². The van der Waals surface area contributed by atoms with E-state index in [0.29, 0.717) is 6.04 Å². The van der Waals surface area contributed by atoms with Crippen molar-refractivity contribution in [1.82, 2.24) is 5.32 Å². The number of hydrogen-bond donors (Lipinski definition) is 2. The average molecular weight is 281 g/mol. The third-order valence-electron chi connectivity index (χ3n) is 3.34. The maximum absolute atomic E-state index is 9.67. The van der Waals surface area contributed by atoms with Gasteiger partial charge in [-0.05, 0) is 37.9 Å². The first-order chi connectivity index (χ1) is 9.10. The third kappa shape index (κ3) is 5.17. The van der Waals surface area contributed by atoms with Gasteiger partial charge < -0.3 is 10.4 Å². The van der Waals surface area contributed by atoms with Crippen molar-refractivity contribution >= 4 is 11.8 Å². The molecule has 1 rings (SSSR count). The van der Waals surface area contributed by atoms with E-state index in [4.69, 9.17) is 0 Å². The van der Waals surface area contributed by atoms with Crippen LogP contribution in [0.1, 0.15) is 52.1 Å². The van der Waals surface area contributed by atoms with E-state index in [1.807, 2.05) is 6.92 Å². The molecule has 2 N–H and O–H groups in total. The number of benzene rings is 1. The summed E-state index contributed by atoms with van der Waals surface area (Å²) in [5, 5.41) is 13.5. The van der Waals surface area contributed by atoms with Crippen LogP contribution >= 0.6 is 11.8 Å². The lowest BCUT2D eigenvalue weighted by molar-refractivity contribution is 0.196. The summed E-state index contributed by atoms with van der Waals surface area (Å²) in [4.78, 5) is 1.28.